The maximum Gasteiger partial charge on any atom is 0.268 e. The molecule has 0 radical (unpaired) electrons. The first kappa shape index (κ1) is 41.4. The van der Waals surface area contributed by atoms with Crippen molar-refractivity contribution in [2.45, 2.75) is 26.2 Å². The number of imidazole rings is 1. The van der Waals surface area contributed by atoms with Crippen LogP contribution in [0.2, 0.25) is 0 Å². The Morgan fingerprint density at radius 2 is 1.05 bits per heavy atom. The van der Waals surface area contributed by atoms with Gasteiger partial charge in [-0.05, 0) is 113 Å². The van der Waals surface area contributed by atoms with Crippen molar-refractivity contribution in [2.24, 2.45) is 0 Å². The van der Waals surface area contributed by atoms with Crippen LogP contribution in [0.25, 0.3) is 117 Å². The number of ether oxygens (including phenoxy) is 1. The first-order valence-electron chi connectivity index (χ1n) is 31.7. The fraction of sp³-hybridized carbons (Fsp3) is 0.0526. The molecule has 0 spiro atoms. The predicted molar refractivity (Wildman–Crippen MR) is 331 cm³/mol. The number of hydrogen-bond donors (Lipinski definition) is 0. The van der Waals surface area contributed by atoms with E-state index < -0.39 is 60.4 Å². The molecule has 6 heteroatoms. The summed E-state index contributed by atoms with van der Waals surface area (Å²) >= 11 is 0. The summed E-state index contributed by atoms with van der Waals surface area (Å²) in [6.07, 6.45) is 5.37. The summed E-state index contributed by atoms with van der Waals surface area (Å²) in [5.41, 5.74) is 12.5. The van der Waals surface area contributed by atoms with Gasteiger partial charge in [-0.25, -0.2) is 4.98 Å². The van der Waals surface area contributed by atoms with E-state index in [1.807, 2.05) is 85.1 Å². The Morgan fingerprint density at radius 1 is 0.476 bits per heavy atom. The molecule has 0 fully saturated rings. The van der Waals surface area contributed by atoms with E-state index in [9.17, 15) is 5.48 Å². The molecule has 5 nitrogen and oxygen atoms in total. The molecule has 396 valence electrons. The van der Waals surface area contributed by atoms with Crippen molar-refractivity contribution in [3.8, 4) is 95.5 Å². The predicted octanol–water partition coefficient (Wildman–Crippen LogP) is 18.9. The maximum atomic E-state index is 9.24. The topological polar surface area (TPSA) is 35.9 Å². The second-order valence-electron chi connectivity index (χ2n) is 20.8. The normalized spacial score (nSPS) is 13.2. The van der Waals surface area contributed by atoms with Gasteiger partial charge < -0.3 is 13.9 Å². The first-order valence-corrected chi connectivity index (χ1v) is 26.7. The molecule has 0 bridgehead atoms. The molecule has 0 saturated carbocycles. The van der Waals surface area contributed by atoms with Crippen molar-refractivity contribution >= 4 is 32.8 Å². The SMILES string of the molecule is [2H]c1c([2H])c([2H])c(-c2cccc(-c3c([2H])c([2H])c([2H])c([2H])c3[2H])c2-[n+]2[c-]n(-c3[c-]c(Oc4[c-]c5c(cc4)c4cc(-c6c(-c7ccccc7)cccc6-c6ccccc6)ccc4n5-c4cc(C(C)(C)C)ccn4)ccc3)c3ccc(-c4ccccc4)cc32)c([2H])c1[2H].[Pt]. The molecule has 0 saturated heterocycles. The Bertz CT molecular complexity index is 5060. The number of para-hydroxylation sites is 1. The minimum atomic E-state index is -0.584. The first-order chi connectivity index (χ1) is 43.9. The van der Waals surface area contributed by atoms with Crippen molar-refractivity contribution in [3.05, 3.63) is 297 Å². The Balaban J connectivity index is 0.00000773. The number of nitrogens with zero attached hydrogens (tertiary/aromatic N) is 4. The van der Waals surface area contributed by atoms with Gasteiger partial charge >= 0.3 is 0 Å². The smallest absolute Gasteiger partial charge is 0.268 e. The zero-order valence-corrected chi connectivity index (χ0v) is 47.0. The molecule has 0 aliphatic rings. The molecule has 14 aromatic rings. The van der Waals surface area contributed by atoms with Crippen LogP contribution >= 0.6 is 0 Å². The monoisotopic (exact) mass is 1240 g/mol. The zero-order chi connectivity index (χ0) is 63.1. The Kier molecular flexibility index (Phi) is 11.0. The molecular formula is C76H54N4OPt-2. The summed E-state index contributed by atoms with van der Waals surface area (Å²) in [4.78, 5) is 5.00. The van der Waals surface area contributed by atoms with Crippen molar-refractivity contribution in [1.29, 1.82) is 0 Å². The molecule has 0 amide bonds. The van der Waals surface area contributed by atoms with Gasteiger partial charge in [0, 0.05) is 44.3 Å². The Labute approximate surface area is 507 Å². The van der Waals surface area contributed by atoms with Crippen LogP contribution in [0.5, 0.6) is 11.5 Å². The van der Waals surface area contributed by atoms with E-state index >= 15 is 0 Å². The van der Waals surface area contributed by atoms with E-state index in [2.05, 4.69) is 147 Å². The van der Waals surface area contributed by atoms with Gasteiger partial charge in [0.25, 0.3) is 6.33 Å². The van der Waals surface area contributed by atoms with Crippen LogP contribution in [0.4, 0.5) is 0 Å². The fourth-order valence-electron chi connectivity index (χ4n) is 10.9. The Hall–Kier alpha value is -9.67. The Morgan fingerprint density at radius 3 is 1.68 bits per heavy atom. The molecule has 0 unspecified atom stereocenters. The quantitative estimate of drug-likeness (QED) is 0.0956. The number of aromatic nitrogens is 4. The average Bonchev–Trinajstić information content (AvgIpc) is 1.50. The third kappa shape index (κ3) is 9.63. The van der Waals surface area contributed by atoms with Gasteiger partial charge in [-0.1, -0.05) is 238 Å². The van der Waals surface area contributed by atoms with Crippen molar-refractivity contribution in [2.75, 3.05) is 0 Å². The van der Waals surface area contributed by atoms with Gasteiger partial charge in [-0.3, -0.25) is 4.57 Å². The van der Waals surface area contributed by atoms with E-state index in [0.29, 0.717) is 28.2 Å². The van der Waals surface area contributed by atoms with Crippen molar-refractivity contribution in [3.63, 3.8) is 0 Å². The van der Waals surface area contributed by atoms with E-state index in [1.54, 1.807) is 33.4 Å². The number of pyridine rings is 1. The summed E-state index contributed by atoms with van der Waals surface area (Å²) in [5, 5.41) is 1.93. The minimum absolute atomic E-state index is 0. The van der Waals surface area contributed by atoms with Crippen LogP contribution in [0.3, 0.4) is 0 Å². The van der Waals surface area contributed by atoms with Crippen LogP contribution in [-0.4, -0.2) is 14.1 Å². The second kappa shape index (κ2) is 21.8. The van der Waals surface area contributed by atoms with Gasteiger partial charge in [0.15, 0.2) is 0 Å². The standard InChI is InChI=1S/C76H54N4O.Pt/c1-76(2,3)59-44-45-77-73(48-59)80-69-42-39-58(74-63(53-24-11-5-12-25-53)34-20-35-64(74)54-26-13-6-14-27-54)46-68(69)67-41-40-62(50-71(67)80)81-61-33-19-32-60(49-61)78-51-79(72-47-57(38-43-70(72)78)52-22-9-4-10-23-52)75-65(55-28-15-7-16-29-55)36-21-37-66(75)56-30-17-8-18-31-56;/h4-48H,1-3H3;/q-2;/i7D,8D,15D,16D,17D,18D,28D,29D,30D,31D;. The molecule has 14 rings (SSSR count). The third-order valence-electron chi connectivity index (χ3n) is 14.8. The number of fused-ring (bicyclic) bond motifs is 4. The van der Waals surface area contributed by atoms with Gasteiger partial charge in [0.2, 0.25) is 0 Å². The van der Waals surface area contributed by atoms with E-state index in [4.69, 9.17) is 17.9 Å². The van der Waals surface area contributed by atoms with Crippen LogP contribution in [-0.2, 0) is 26.5 Å². The molecule has 0 aliphatic heterocycles. The molecule has 82 heavy (non-hydrogen) atoms. The van der Waals surface area contributed by atoms with Gasteiger partial charge in [-0.2, -0.15) is 18.2 Å². The van der Waals surface area contributed by atoms with Crippen molar-refractivity contribution < 1.29 is 44.1 Å². The maximum absolute atomic E-state index is 9.24. The third-order valence-corrected chi connectivity index (χ3v) is 14.8. The largest absolute Gasteiger partial charge is 0.510 e. The minimum Gasteiger partial charge on any atom is -0.510 e. The molecule has 3 aromatic heterocycles. The summed E-state index contributed by atoms with van der Waals surface area (Å²) in [6.45, 7) is 6.55. The molecule has 0 N–H and O–H groups in total. The second-order valence-corrected chi connectivity index (χ2v) is 20.8. The van der Waals surface area contributed by atoms with E-state index in [1.165, 1.54) is 0 Å². The van der Waals surface area contributed by atoms with E-state index in [0.717, 1.165) is 77.7 Å². The van der Waals surface area contributed by atoms with Crippen LogP contribution in [0, 0.1) is 18.5 Å². The molecule has 3 heterocycles. The van der Waals surface area contributed by atoms with Crippen LogP contribution in [0.1, 0.15) is 40.0 Å². The molecule has 11 aromatic carbocycles. The summed E-state index contributed by atoms with van der Waals surface area (Å²) in [6, 6.07) is 69.7. The molecule has 0 atom stereocenters. The van der Waals surface area contributed by atoms with Gasteiger partial charge in [0.1, 0.15) is 5.82 Å². The number of hydrogen-bond acceptors (Lipinski definition) is 2. The van der Waals surface area contributed by atoms with Crippen LogP contribution in [0.15, 0.2) is 273 Å². The molecule has 0 aliphatic carbocycles. The van der Waals surface area contributed by atoms with Gasteiger partial charge in [-0.15, -0.1) is 29.7 Å². The van der Waals surface area contributed by atoms with Gasteiger partial charge in [0.05, 0.1) is 30.4 Å². The zero-order valence-electron chi connectivity index (χ0n) is 54.7. The molecular weight excluding hydrogens is 1180 g/mol. The van der Waals surface area contributed by atoms with Crippen LogP contribution < -0.4 is 9.30 Å². The van der Waals surface area contributed by atoms with E-state index in [-0.39, 0.29) is 54.4 Å². The number of rotatable bonds is 11. The summed E-state index contributed by atoms with van der Waals surface area (Å²) in [5.74, 6) is 1.45. The fourth-order valence-corrected chi connectivity index (χ4v) is 10.9. The average molecular weight is 1240 g/mol. The number of benzene rings is 11. The van der Waals surface area contributed by atoms with Crippen molar-refractivity contribution in [1.82, 2.24) is 14.1 Å². The summed E-state index contributed by atoms with van der Waals surface area (Å²) in [7, 11) is 0. The summed E-state index contributed by atoms with van der Waals surface area (Å²) < 4.78 is 101.